The predicted molar refractivity (Wildman–Crippen MR) is 251 cm³/mol. The van der Waals surface area contributed by atoms with Crippen molar-refractivity contribution in [2.24, 2.45) is 17.3 Å². The van der Waals surface area contributed by atoms with Gasteiger partial charge in [-0.15, -0.1) is 11.3 Å². The Hall–Kier alpha value is -6.95. The van der Waals surface area contributed by atoms with Gasteiger partial charge in [0.25, 0.3) is 0 Å². The number of aromatic nitrogens is 4. The molecule has 0 bridgehead atoms. The van der Waals surface area contributed by atoms with Crippen LogP contribution in [0.3, 0.4) is 0 Å². The summed E-state index contributed by atoms with van der Waals surface area (Å²) in [6.07, 6.45) is 19.7. The minimum atomic E-state index is -0.0974. The Morgan fingerprint density at radius 1 is 0.667 bits per heavy atom. The van der Waals surface area contributed by atoms with Gasteiger partial charge in [0.15, 0.2) is 17.5 Å². The van der Waals surface area contributed by atoms with Gasteiger partial charge in [0, 0.05) is 64.7 Å². The zero-order valence-corrected chi connectivity index (χ0v) is 34.2. The van der Waals surface area contributed by atoms with Crippen molar-refractivity contribution in [1.29, 1.82) is 0 Å². The molecule has 0 spiro atoms. The van der Waals surface area contributed by atoms with Gasteiger partial charge >= 0.3 is 0 Å². The smallest absolute Gasteiger partial charge is 0.164 e. The molecule has 3 aromatic heterocycles. The summed E-state index contributed by atoms with van der Waals surface area (Å²) in [6.45, 7) is 4.64. The van der Waals surface area contributed by atoms with E-state index < -0.39 is 0 Å². The fourth-order valence-corrected chi connectivity index (χ4v) is 11.1. The van der Waals surface area contributed by atoms with Gasteiger partial charge in [-0.2, -0.15) is 0 Å². The Morgan fingerprint density at radius 3 is 2.28 bits per heavy atom. The molecule has 3 unspecified atom stereocenters. The van der Waals surface area contributed by atoms with Crippen molar-refractivity contribution in [3.63, 3.8) is 0 Å². The Labute approximate surface area is 352 Å². The van der Waals surface area contributed by atoms with E-state index >= 15 is 0 Å². The molecule has 0 aliphatic heterocycles. The molecule has 0 radical (unpaired) electrons. The first-order valence-electron chi connectivity index (χ1n) is 20.9. The second-order valence-electron chi connectivity index (χ2n) is 16.7. The first-order chi connectivity index (χ1) is 29.5. The zero-order valence-electron chi connectivity index (χ0n) is 33.4. The third-order valence-corrected chi connectivity index (χ3v) is 13.9. The summed E-state index contributed by atoms with van der Waals surface area (Å²) < 4.78 is 3.76. The highest BCUT2D eigenvalue weighted by Gasteiger charge is 2.32. The molecule has 0 amide bonds. The molecule has 286 valence electrons. The van der Waals surface area contributed by atoms with E-state index in [-0.39, 0.29) is 11.3 Å². The molecule has 3 aliphatic carbocycles. The van der Waals surface area contributed by atoms with Gasteiger partial charge in [-0.05, 0) is 58.7 Å². The van der Waals surface area contributed by atoms with Gasteiger partial charge in [0.1, 0.15) is 0 Å². The minimum Gasteiger partial charge on any atom is -0.309 e. The topological polar surface area (TPSA) is 43.6 Å². The average Bonchev–Trinajstić information content (AvgIpc) is 3.83. The minimum absolute atomic E-state index is 0.0974. The van der Waals surface area contributed by atoms with Crippen LogP contribution in [-0.4, -0.2) is 19.5 Å². The van der Waals surface area contributed by atoms with Crippen LogP contribution in [0.5, 0.6) is 0 Å². The van der Waals surface area contributed by atoms with Crippen molar-refractivity contribution < 1.29 is 0 Å². The number of hydrogen-bond donors (Lipinski definition) is 0. The molecule has 60 heavy (non-hydrogen) atoms. The largest absolute Gasteiger partial charge is 0.309 e. The molecule has 0 saturated carbocycles. The molecule has 3 heterocycles. The standard InChI is InChI=1S/C55H40N4S/c1-34-23-26-43-49(30-34)60-48-22-13-21-44(50(43)48)54-57-52(37-17-7-4-8-18-37)56-53(58-54)42-28-25-39(32-45(42)35-14-5-3-6-15-35)59-47-31-38-19-11-12-29-55(38,2)33-46(47)41-27-24-36-16-9-10-20-40(36)51(41)59/h3-29,31-34,38H,30H2,1-2H3. The number of allylic oxidation sites excluding steroid dienone is 5. The van der Waals surface area contributed by atoms with E-state index in [0.29, 0.717) is 23.4 Å². The maximum Gasteiger partial charge on any atom is 0.164 e. The van der Waals surface area contributed by atoms with E-state index in [4.69, 9.17) is 15.0 Å². The van der Waals surface area contributed by atoms with Crippen molar-refractivity contribution >= 4 is 61.3 Å². The summed E-state index contributed by atoms with van der Waals surface area (Å²) in [7, 11) is 0. The molecule has 5 heteroatoms. The molecular formula is C55H40N4S. The molecule has 0 N–H and O–H groups in total. The Morgan fingerprint density at radius 2 is 1.43 bits per heavy atom. The third-order valence-electron chi connectivity index (χ3n) is 12.8. The predicted octanol–water partition coefficient (Wildman–Crippen LogP) is 12.4. The lowest BCUT2D eigenvalue weighted by molar-refractivity contribution is 0.503. The number of nitrogens with zero attached hydrogens (tertiary/aromatic N) is 4. The van der Waals surface area contributed by atoms with E-state index in [9.17, 15) is 0 Å². The monoisotopic (exact) mass is 788 g/mol. The van der Waals surface area contributed by atoms with E-state index in [1.165, 1.54) is 52.8 Å². The molecule has 0 fully saturated rings. The number of rotatable bonds is 5. The average molecular weight is 789 g/mol. The summed E-state index contributed by atoms with van der Waals surface area (Å²) in [6, 6.07) is 47.7. The van der Waals surface area contributed by atoms with Crippen LogP contribution in [-0.2, 0) is 6.42 Å². The van der Waals surface area contributed by atoms with Crippen LogP contribution in [0, 0.1) is 17.3 Å². The van der Waals surface area contributed by atoms with E-state index in [1.807, 2.05) is 29.5 Å². The number of hydrogen-bond acceptors (Lipinski definition) is 4. The fourth-order valence-electron chi connectivity index (χ4n) is 9.71. The Kier molecular flexibility index (Phi) is 7.91. The van der Waals surface area contributed by atoms with Crippen LogP contribution >= 0.6 is 11.3 Å². The van der Waals surface area contributed by atoms with Gasteiger partial charge < -0.3 is 4.57 Å². The summed E-state index contributed by atoms with van der Waals surface area (Å²) in [5.41, 5.74) is 8.62. The van der Waals surface area contributed by atoms with Gasteiger partial charge in [-0.25, -0.2) is 15.0 Å². The SMILES string of the molecule is CC1C=Cc2c(sc3cccc(-c4nc(-c5ccccc5)nc(-c5ccc(-n6c7c(c8ccc9ccccc9c86)=CC6(C)C=CC=CC6C=7)cc5-c5ccccc5)n4)c23)C1. The maximum atomic E-state index is 5.41. The Bertz CT molecular complexity index is 3440. The van der Waals surface area contributed by atoms with Crippen LogP contribution in [0.15, 0.2) is 164 Å². The van der Waals surface area contributed by atoms with Crippen molar-refractivity contribution in [3.05, 3.63) is 185 Å². The second kappa shape index (κ2) is 13.6. The van der Waals surface area contributed by atoms with Crippen molar-refractivity contribution in [2.75, 3.05) is 0 Å². The fraction of sp³-hybridized carbons (Fsp3) is 0.109. The summed E-state index contributed by atoms with van der Waals surface area (Å²) in [5, 5.41) is 7.45. The van der Waals surface area contributed by atoms with E-state index in [0.717, 1.165) is 39.9 Å². The molecule has 3 atom stereocenters. The highest BCUT2D eigenvalue weighted by molar-refractivity contribution is 7.19. The van der Waals surface area contributed by atoms with Crippen LogP contribution in [0.2, 0.25) is 0 Å². The summed E-state index contributed by atoms with van der Waals surface area (Å²) in [4.78, 5) is 17.4. The van der Waals surface area contributed by atoms with Crippen molar-refractivity contribution in [3.8, 4) is 51.0 Å². The van der Waals surface area contributed by atoms with Gasteiger partial charge in [0.05, 0.1) is 10.9 Å². The third kappa shape index (κ3) is 5.53. The van der Waals surface area contributed by atoms with Crippen LogP contribution in [0.4, 0.5) is 0 Å². The van der Waals surface area contributed by atoms with Gasteiger partial charge in [-0.1, -0.05) is 172 Å². The van der Waals surface area contributed by atoms with E-state index in [2.05, 4.69) is 182 Å². The zero-order chi connectivity index (χ0) is 40.0. The first-order valence-corrected chi connectivity index (χ1v) is 21.7. The highest BCUT2D eigenvalue weighted by atomic mass is 32.1. The molecule has 0 saturated heterocycles. The van der Waals surface area contributed by atoms with Crippen LogP contribution in [0.1, 0.15) is 24.3 Å². The second-order valence-corrected chi connectivity index (χ2v) is 17.8. The molecule has 6 aromatic carbocycles. The maximum absolute atomic E-state index is 5.41. The van der Waals surface area contributed by atoms with Crippen molar-refractivity contribution in [1.82, 2.24) is 19.5 Å². The highest BCUT2D eigenvalue weighted by Crippen LogP contribution is 2.43. The first kappa shape index (κ1) is 35.0. The lowest BCUT2D eigenvalue weighted by Gasteiger charge is -2.32. The van der Waals surface area contributed by atoms with Gasteiger partial charge in [0.2, 0.25) is 0 Å². The lowest BCUT2D eigenvalue weighted by Crippen LogP contribution is -2.39. The number of fused-ring (bicyclic) bond motifs is 9. The molecule has 9 aromatic rings. The van der Waals surface area contributed by atoms with Crippen molar-refractivity contribution in [2.45, 2.75) is 20.3 Å². The number of thiophene rings is 1. The summed E-state index contributed by atoms with van der Waals surface area (Å²) in [5.74, 6) is 2.75. The normalized spacial score (nSPS) is 18.9. The molecule has 12 rings (SSSR count). The van der Waals surface area contributed by atoms with Gasteiger partial charge in [-0.3, -0.25) is 0 Å². The quantitative estimate of drug-likeness (QED) is 0.174. The van der Waals surface area contributed by atoms with Crippen LogP contribution in [0.25, 0.3) is 101 Å². The molecule has 4 nitrogen and oxygen atoms in total. The number of benzene rings is 6. The lowest BCUT2D eigenvalue weighted by atomic mass is 9.72. The van der Waals surface area contributed by atoms with Crippen LogP contribution < -0.4 is 10.6 Å². The molecular weight excluding hydrogens is 749 g/mol. The van der Waals surface area contributed by atoms with E-state index in [1.54, 1.807) is 0 Å². The summed E-state index contributed by atoms with van der Waals surface area (Å²) >= 11 is 1.89. The Balaban J connectivity index is 1.13. The molecule has 3 aliphatic rings.